The molecule has 1 saturated heterocycles. The van der Waals surface area contributed by atoms with Gasteiger partial charge in [-0.3, -0.25) is 14.3 Å². The predicted molar refractivity (Wildman–Crippen MR) is 106 cm³/mol. The topological polar surface area (TPSA) is 80.0 Å². The first kappa shape index (κ1) is 18.1. The number of anilines is 1. The van der Waals surface area contributed by atoms with Gasteiger partial charge in [0.2, 0.25) is 0 Å². The fraction of sp³-hybridized carbons (Fsp3) is 0.350. The Morgan fingerprint density at radius 3 is 2.29 bits per heavy atom. The van der Waals surface area contributed by atoms with E-state index in [4.69, 9.17) is 0 Å². The van der Waals surface area contributed by atoms with Gasteiger partial charge in [-0.15, -0.1) is 0 Å². The molecule has 3 aromatic rings. The standard InChI is InChI=1S/C20H23N7O/c1-14-15(2)27(13-22-14)19-12-18(23-16(3)24-19)25-8-10-26(11-9-25)20(28)17-4-6-21-7-5-17/h4-7,12-13H,8-11H2,1-3H3. The Morgan fingerprint density at radius 1 is 0.964 bits per heavy atom. The molecular weight excluding hydrogens is 354 g/mol. The highest BCUT2D eigenvalue weighted by Gasteiger charge is 2.23. The van der Waals surface area contributed by atoms with Gasteiger partial charge >= 0.3 is 0 Å². The molecule has 0 unspecified atom stereocenters. The summed E-state index contributed by atoms with van der Waals surface area (Å²) in [5.74, 6) is 2.46. The number of aryl methyl sites for hydroxylation is 2. The lowest BCUT2D eigenvalue weighted by atomic mass is 10.2. The minimum absolute atomic E-state index is 0.0473. The number of amides is 1. The van der Waals surface area contributed by atoms with Gasteiger partial charge in [0.25, 0.3) is 5.91 Å². The van der Waals surface area contributed by atoms with Crippen LogP contribution in [0.5, 0.6) is 0 Å². The van der Waals surface area contributed by atoms with Crippen molar-refractivity contribution in [2.24, 2.45) is 0 Å². The van der Waals surface area contributed by atoms with Gasteiger partial charge in [-0.05, 0) is 32.9 Å². The van der Waals surface area contributed by atoms with Crippen LogP contribution in [-0.4, -0.2) is 61.5 Å². The zero-order chi connectivity index (χ0) is 19.7. The Balaban J connectivity index is 1.50. The van der Waals surface area contributed by atoms with Crippen LogP contribution in [0.25, 0.3) is 5.82 Å². The summed E-state index contributed by atoms with van der Waals surface area (Å²) in [6.45, 7) is 8.69. The average molecular weight is 377 g/mol. The van der Waals surface area contributed by atoms with Gasteiger partial charge in [-0.1, -0.05) is 0 Å². The summed E-state index contributed by atoms with van der Waals surface area (Å²) < 4.78 is 1.98. The number of piperazine rings is 1. The first-order valence-electron chi connectivity index (χ1n) is 9.34. The Bertz CT molecular complexity index is 991. The molecule has 1 aliphatic rings. The van der Waals surface area contributed by atoms with E-state index in [9.17, 15) is 4.79 Å². The average Bonchev–Trinajstić information content (AvgIpc) is 3.06. The molecule has 1 aliphatic heterocycles. The van der Waals surface area contributed by atoms with Crippen LogP contribution in [0.3, 0.4) is 0 Å². The highest BCUT2D eigenvalue weighted by molar-refractivity contribution is 5.94. The van der Waals surface area contributed by atoms with E-state index >= 15 is 0 Å². The minimum Gasteiger partial charge on any atom is -0.353 e. The molecule has 8 nitrogen and oxygen atoms in total. The summed E-state index contributed by atoms with van der Waals surface area (Å²) in [7, 11) is 0. The second-order valence-corrected chi connectivity index (χ2v) is 6.93. The third-order valence-electron chi connectivity index (χ3n) is 5.13. The van der Waals surface area contributed by atoms with E-state index in [0.29, 0.717) is 24.5 Å². The number of nitrogens with zero attached hydrogens (tertiary/aromatic N) is 7. The highest BCUT2D eigenvalue weighted by Crippen LogP contribution is 2.20. The van der Waals surface area contributed by atoms with E-state index in [-0.39, 0.29) is 5.91 Å². The molecule has 4 heterocycles. The van der Waals surface area contributed by atoms with Crippen molar-refractivity contribution in [2.75, 3.05) is 31.1 Å². The summed E-state index contributed by atoms with van der Waals surface area (Å²) in [5.41, 5.74) is 2.73. The van der Waals surface area contributed by atoms with Crippen molar-refractivity contribution < 1.29 is 4.79 Å². The second-order valence-electron chi connectivity index (χ2n) is 6.93. The predicted octanol–water partition coefficient (Wildman–Crippen LogP) is 1.94. The van der Waals surface area contributed by atoms with Gasteiger partial charge in [-0.2, -0.15) is 0 Å². The number of hydrogen-bond acceptors (Lipinski definition) is 6. The third kappa shape index (κ3) is 3.45. The minimum atomic E-state index is 0.0473. The van der Waals surface area contributed by atoms with Crippen molar-refractivity contribution in [1.82, 2.24) is 29.4 Å². The first-order chi connectivity index (χ1) is 13.5. The smallest absolute Gasteiger partial charge is 0.254 e. The Hall–Kier alpha value is -3.29. The normalized spacial score (nSPS) is 14.4. The van der Waals surface area contributed by atoms with Crippen LogP contribution in [0.2, 0.25) is 0 Å². The number of carbonyl (C=O) groups excluding carboxylic acids is 1. The Labute approximate surface area is 163 Å². The fourth-order valence-electron chi connectivity index (χ4n) is 3.37. The van der Waals surface area contributed by atoms with Crippen LogP contribution in [0.4, 0.5) is 5.82 Å². The molecule has 0 spiro atoms. The monoisotopic (exact) mass is 377 g/mol. The summed E-state index contributed by atoms with van der Waals surface area (Å²) in [6, 6.07) is 5.50. The number of aromatic nitrogens is 5. The van der Waals surface area contributed by atoms with Crippen LogP contribution in [-0.2, 0) is 0 Å². The molecule has 3 aromatic heterocycles. The molecule has 8 heteroatoms. The maximum atomic E-state index is 12.6. The number of rotatable bonds is 3. The summed E-state index contributed by atoms with van der Waals surface area (Å²) in [5, 5.41) is 0. The lowest BCUT2D eigenvalue weighted by Gasteiger charge is -2.35. The van der Waals surface area contributed by atoms with Gasteiger partial charge in [0, 0.05) is 55.9 Å². The van der Waals surface area contributed by atoms with E-state index in [0.717, 1.165) is 36.1 Å². The van der Waals surface area contributed by atoms with Crippen LogP contribution in [0.1, 0.15) is 27.6 Å². The quantitative estimate of drug-likeness (QED) is 0.694. The Kier molecular flexibility index (Phi) is 4.77. The highest BCUT2D eigenvalue weighted by atomic mass is 16.2. The van der Waals surface area contributed by atoms with E-state index in [1.54, 1.807) is 30.9 Å². The molecule has 1 amide bonds. The van der Waals surface area contributed by atoms with Gasteiger partial charge in [-0.25, -0.2) is 15.0 Å². The van der Waals surface area contributed by atoms with Crippen molar-refractivity contribution in [3.05, 3.63) is 59.7 Å². The summed E-state index contributed by atoms with van der Waals surface area (Å²) in [4.78, 5) is 34.2. The maximum absolute atomic E-state index is 12.6. The van der Waals surface area contributed by atoms with Gasteiger partial charge in [0.1, 0.15) is 23.8 Å². The molecule has 4 rings (SSSR count). The van der Waals surface area contributed by atoms with E-state index in [2.05, 4.69) is 24.8 Å². The molecule has 0 N–H and O–H groups in total. The molecule has 0 aromatic carbocycles. The van der Waals surface area contributed by atoms with E-state index in [1.165, 1.54) is 0 Å². The largest absolute Gasteiger partial charge is 0.353 e. The molecule has 1 fully saturated rings. The van der Waals surface area contributed by atoms with Crippen molar-refractivity contribution in [3.63, 3.8) is 0 Å². The lowest BCUT2D eigenvalue weighted by Crippen LogP contribution is -2.49. The van der Waals surface area contributed by atoms with Crippen LogP contribution in [0.15, 0.2) is 36.9 Å². The second kappa shape index (κ2) is 7.38. The number of hydrogen-bond donors (Lipinski definition) is 0. The summed E-state index contributed by atoms with van der Waals surface area (Å²) in [6.07, 6.45) is 5.09. The molecule has 28 heavy (non-hydrogen) atoms. The zero-order valence-electron chi connectivity index (χ0n) is 16.3. The van der Waals surface area contributed by atoms with Crippen LogP contribution in [0, 0.1) is 20.8 Å². The third-order valence-corrected chi connectivity index (χ3v) is 5.13. The van der Waals surface area contributed by atoms with E-state index < -0.39 is 0 Å². The van der Waals surface area contributed by atoms with E-state index in [1.807, 2.05) is 36.3 Å². The number of pyridine rings is 1. The lowest BCUT2D eigenvalue weighted by molar-refractivity contribution is 0.0746. The molecule has 0 saturated carbocycles. The molecule has 0 aliphatic carbocycles. The van der Waals surface area contributed by atoms with Crippen molar-refractivity contribution >= 4 is 11.7 Å². The van der Waals surface area contributed by atoms with Crippen LogP contribution >= 0.6 is 0 Å². The van der Waals surface area contributed by atoms with Crippen molar-refractivity contribution in [1.29, 1.82) is 0 Å². The molecule has 144 valence electrons. The first-order valence-corrected chi connectivity index (χ1v) is 9.34. The van der Waals surface area contributed by atoms with Gasteiger partial charge in [0.05, 0.1) is 5.69 Å². The van der Waals surface area contributed by atoms with Crippen molar-refractivity contribution in [2.45, 2.75) is 20.8 Å². The van der Waals surface area contributed by atoms with Gasteiger partial charge in [0.15, 0.2) is 0 Å². The molecule has 0 bridgehead atoms. The molecule has 0 radical (unpaired) electrons. The van der Waals surface area contributed by atoms with Crippen LogP contribution < -0.4 is 4.90 Å². The zero-order valence-corrected chi connectivity index (χ0v) is 16.3. The Morgan fingerprint density at radius 2 is 1.64 bits per heavy atom. The molecule has 0 atom stereocenters. The summed E-state index contributed by atoms with van der Waals surface area (Å²) >= 11 is 0. The van der Waals surface area contributed by atoms with Gasteiger partial charge < -0.3 is 9.80 Å². The number of imidazole rings is 1. The SMILES string of the molecule is Cc1nc(N2CCN(C(=O)c3ccncc3)CC2)cc(-n2cnc(C)c2C)n1. The van der Waals surface area contributed by atoms with Crippen molar-refractivity contribution in [3.8, 4) is 5.82 Å². The number of carbonyl (C=O) groups is 1. The molecular formula is C20H23N7O. The maximum Gasteiger partial charge on any atom is 0.254 e. The fourth-order valence-corrected chi connectivity index (χ4v) is 3.37.